The molecule has 0 aliphatic carbocycles. The Kier molecular flexibility index (Phi) is 5.02. The molecule has 2 aromatic rings. The summed E-state index contributed by atoms with van der Waals surface area (Å²) in [5.74, 6) is -0.231. The van der Waals surface area contributed by atoms with Crippen LogP contribution in [0, 0.1) is 0 Å². The van der Waals surface area contributed by atoms with E-state index in [9.17, 15) is 18.0 Å². The number of hydrogen-bond donors (Lipinski definition) is 1. The van der Waals surface area contributed by atoms with Crippen LogP contribution in [0.4, 0.5) is 13.2 Å². The molecule has 2 aromatic carbocycles. The second-order valence-electron chi connectivity index (χ2n) is 6.74. The minimum absolute atomic E-state index is 0.231. The highest BCUT2D eigenvalue weighted by Crippen LogP contribution is 2.30. The zero-order valence-electron chi connectivity index (χ0n) is 13.9. The lowest BCUT2D eigenvalue weighted by atomic mass is 9.97. The van der Waals surface area contributed by atoms with Gasteiger partial charge in [0.15, 0.2) is 0 Å². The molecule has 0 aliphatic heterocycles. The van der Waals surface area contributed by atoms with Gasteiger partial charge in [-0.1, -0.05) is 36.4 Å². The van der Waals surface area contributed by atoms with E-state index in [-0.39, 0.29) is 17.9 Å². The molecule has 5 heteroatoms. The third kappa shape index (κ3) is 4.85. The third-order valence-electron chi connectivity index (χ3n) is 3.40. The molecule has 0 saturated carbocycles. The van der Waals surface area contributed by atoms with E-state index in [4.69, 9.17) is 0 Å². The minimum Gasteiger partial charge on any atom is -0.347 e. The lowest BCUT2D eigenvalue weighted by molar-refractivity contribution is -0.137. The summed E-state index contributed by atoms with van der Waals surface area (Å²) in [6.45, 7) is 5.63. The van der Waals surface area contributed by atoms with Gasteiger partial charge in [0.2, 0.25) is 0 Å². The standard InChI is InChI=1S/C19H20F3NO/c1-18(2,3)23-17(24)16-10-5-4-8-14(16)11-13-7-6-9-15(12-13)19(20,21)22/h4-10,12H,11H2,1-3H3,(H,23,24). The van der Waals surface area contributed by atoms with Crippen molar-refractivity contribution in [2.45, 2.75) is 38.9 Å². The number of alkyl halides is 3. The molecule has 1 amide bonds. The van der Waals surface area contributed by atoms with E-state index in [1.165, 1.54) is 6.07 Å². The number of halogens is 3. The fraction of sp³-hybridized carbons (Fsp3) is 0.316. The highest BCUT2D eigenvalue weighted by molar-refractivity contribution is 5.96. The van der Waals surface area contributed by atoms with Crippen LogP contribution in [0.1, 0.15) is 47.8 Å². The van der Waals surface area contributed by atoms with E-state index in [1.54, 1.807) is 30.3 Å². The van der Waals surface area contributed by atoms with Crippen molar-refractivity contribution in [2.24, 2.45) is 0 Å². The van der Waals surface area contributed by atoms with E-state index >= 15 is 0 Å². The zero-order valence-corrected chi connectivity index (χ0v) is 13.9. The van der Waals surface area contributed by atoms with Gasteiger partial charge in [0, 0.05) is 11.1 Å². The second kappa shape index (κ2) is 6.67. The van der Waals surface area contributed by atoms with Crippen LogP contribution in [0.25, 0.3) is 0 Å². The van der Waals surface area contributed by atoms with Crippen LogP contribution in [0.5, 0.6) is 0 Å². The van der Waals surface area contributed by atoms with Crippen molar-refractivity contribution >= 4 is 5.91 Å². The smallest absolute Gasteiger partial charge is 0.347 e. The quantitative estimate of drug-likeness (QED) is 0.856. The summed E-state index contributed by atoms with van der Waals surface area (Å²) in [5.41, 5.74) is 0.612. The fourth-order valence-electron chi connectivity index (χ4n) is 2.38. The van der Waals surface area contributed by atoms with Gasteiger partial charge in [-0.05, 0) is 50.5 Å². The van der Waals surface area contributed by atoms with Crippen LogP contribution in [-0.2, 0) is 12.6 Å². The van der Waals surface area contributed by atoms with Crippen LogP contribution in [0.3, 0.4) is 0 Å². The lowest BCUT2D eigenvalue weighted by Gasteiger charge is -2.21. The summed E-state index contributed by atoms with van der Waals surface area (Å²) in [4.78, 5) is 12.4. The Labute approximate surface area is 139 Å². The van der Waals surface area contributed by atoms with Gasteiger partial charge >= 0.3 is 6.18 Å². The van der Waals surface area contributed by atoms with Crippen molar-refractivity contribution in [3.8, 4) is 0 Å². The highest BCUT2D eigenvalue weighted by atomic mass is 19.4. The summed E-state index contributed by atoms with van der Waals surface area (Å²) in [5, 5.41) is 2.88. The Morgan fingerprint density at radius 1 is 1.00 bits per heavy atom. The zero-order chi connectivity index (χ0) is 18.0. The maximum absolute atomic E-state index is 12.8. The van der Waals surface area contributed by atoms with Gasteiger partial charge in [0.1, 0.15) is 0 Å². The van der Waals surface area contributed by atoms with Gasteiger partial charge in [-0.3, -0.25) is 4.79 Å². The van der Waals surface area contributed by atoms with Crippen molar-refractivity contribution in [1.82, 2.24) is 5.32 Å². The van der Waals surface area contributed by atoms with E-state index in [0.717, 1.165) is 12.1 Å². The molecule has 0 radical (unpaired) electrons. The predicted octanol–water partition coefficient (Wildman–Crippen LogP) is 4.82. The first kappa shape index (κ1) is 18.0. The number of rotatable bonds is 3. The molecular weight excluding hydrogens is 315 g/mol. The molecule has 0 spiro atoms. The normalized spacial score (nSPS) is 12.1. The first-order valence-corrected chi connectivity index (χ1v) is 7.63. The molecule has 0 aliphatic rings. The Morgan fingerprint density at radius 2 is 1.67 bits per heavy atom. The molecule has 0 heterocycles. The Balaban J connectivity index is 2.30. The average Bonchev–Trinajstić information content (AvgIpc) is 2.45. The van der Waals surface area contributed by atoms with Crippen LogP contribution in [0.15, 0.2) is 48.5 Å². The number of nitrogens with one attached hydrogen (secondary N) is 1. The average molecular weight is 335 g/mol. The van der Waals surface area contributed by atoms with E-state index in [2.05, 4.69) is 5.32 Å². The second-order valence-corrected chi connectivity index (χ2v) is 6.74. The number of carbonyl (C=O) groups excluding carboxylic acids is 1. The number of carbonyl (C=O) groups is 1. The number of amides is 1. The third-order valence-corrected chi connectivity index (χ3v) is 3.40. The maximum atomic E-state index is 12.8. The van der Waals surface area contributed by atoms with Crippen molar-refractivity contribution in [3.05, 3.63) is 70.8 Å². The first-order valence-electron chi connectivity index (χ1n) is 7.63. The topological polar surface area (TPSA) is 29.1 Å². The van der Waals surface area contributed by atoms with Crippen LogP contribution < -0.4 is 5.32 Å². The molecule has 0 unspecified atom stereocenters. The summed E-state index contributed by atoms with van der Waals surface area (Å²) >= 11 is 0. The minimum atomic E-state index is -4.38. The Hall–Kier alpha value is -2.30. The molecular formula is C19H20F3NO. The van der Waals surface area contributed by atoms with Crippen molar-refractivity contribution < 1.29 is 18.0 Å². The van der Waals surface area contributed by atoms with Crippen LogP contribution in [-0.4, -0.2) is 11.4 Å². The van der Waals surface area contributed by atoms with Crippen molar-refractivity contribution in [2.75, 3.05) is 0 Å². The number of hydrogen-bond acceptors (Lipinski definition) is 1. The molecule has 24 heavy (non-hydrogen) atoms. The van der Waals surface area contributed by atoms with Crippen LogP contribution >= 0.6 is 0 Å². The number of benzene rings is 2. The molecule has 0 saturated heterocycles. The van der Waals surface area contributed by atoms with Gasteiger partial charge < -0.3 is 5.32 Å². The van der Waals surface area contributed by atoms with Crippen molar-refractivity contribution in [1.29, 1.82) is 0 Å². The molecule has 0 bridgehead atoms. The summed E-state index contributed by atoms with van der Waals surface area (Å²) < 4.78 is 38.5. The monoisotopic (exact) mass is 335 g/mol. The molecule has 2 rings (SSSR count). The van der Waals surface area contributed by atoms with Gasteiger partial charge in [0.05, 0.1) is 5.56 Å². The molecule has 0 aromatic heterocycles. The lowest BCUT2D eigenvalue weighted by Crippen LogP contribution is -2.40. The first-order chi connectivity index (χ1) is 11.1. The Morgan fingerprint density at radius 3 is 2.29 bits per heavy atom. The molecule has 2 nitrogen and oxygen atoms in total. The van der Waals surface area contributed by atoms with Gasteiger partial charge in [-0.25, -0.2) is 0 Å². The predicted molar refractivity (Wildman–Crippen MR) is 87.9 cm³/mol. The SMILES string of the molecule is CC(C)(C)NC(=O)c1ccccc1Cc1cccc(C(F)(F)F)c1. The van der Waals surface area contributed by atoms with Crippen molar-refractivity contribution in [3.63, 3.8) is 0 Å². The largest absolute Gasteiger partial charge is 0.416 e. The van der Waals surface area contributed by atoms with E-state index in [1.807, 2.05) is 20.8 Å². The van der Waals surface area contributed by atoms with Gasteiger partial charge in [0.25, 0.3) is 5.91 Å². The van der Waals surface area contributed by atoms with E-state index in [0.29, 0.717) is 16.7 Å². The molecule has 0 fully saturated rings. The maximum Gasteiger partial charge on any atom is 0.416 e. The Bertz CT molecular complexity index is 730. The van der Waals surface area contributed by atoms with Crippen LogP contribution in [0.2, 0.25) is 0 Å². The molecule has 1 N–H and O–H groups in total. The highest BCUT2D eigenvalue weighted by Gasteiger charge is 2.30. The molecule has 0 atom stereocenters. The van der Waals surface area contributed by atoms with Gasteiger partial charge in [-0.2, -0.15) is 13.2 Å². The summed E-state index contributed by atoms with van der Waals surface area (Å²) in [6.07, 6.45) is -4.11. The fourth-order valence-corrected chi connectivity index (χ4v) is 2.38. The van der Waals surface area contributed by atoms with E-state index < -0.39 is 11.7 Å². The van der Waals surface area contributed by atoms with Gasteiger partial charge in [-0.15, -0.1) is 0 Å². The summed E-state index contributed by atoms with van der Waals surface area (Å²) in [7, 11) is 0. The molecule has 128 valence electrons. The summed E-state index contributed by atoms with van der Waals surface area (Å²) in [6, 6.07) is 12.1.